The summed E-state index contributed by atoms with van der Waals surface area (Å²) in [6.07, 6.45) is 1.89. The number of carbonyl (C=O) groups is 1. The quantitative estimate of drug-likeness (QED) is 0.774. The zero-order chi connectivity index (χ0) is 15.9. The average molecular weight is 370 g/mol. The fraction of sp³-hybridized carbons (Fsp3) is 0.588. The van der Waals surface area contributed by atoms with Crippen molar-refractivity contribution >= 4 is 22.0 Å². The van der Waals surface area contributed by atoms with E-state index in [9.17, 15) is 4.79 Å². The van der Waals surface area contributed by atoms with E-state index in [-0.39, 0.29) is 6.09 Å². The lowest BCUT2D eigenvalue weighted by atomic mass is 9.99. The fourth-order valence-corrected chi connectivity index (χ4v) is 2.85. The number of benzene rings is 1. The number of halogens is 1. The minimum absolute atomic E-state index is 0.194. The van der Waals surface area contributed by atoms with Gasteiger partial charge in [0.05, 0.1) is 13.2 Å². The minimum atomic E-state index is -0.194. The molecule has 1 aromatic rings. The standard InChI is InChI=1S/C17H24BrNO3/c1-13(2)11-22-17(20)19-8-4-5-14(10-19)12-21-16-7-3-6-15(18)9-16/h3,6-7,9,13-14H,4-5,8,10-12H2,1-2H3. The number of rotatable bonds is 5. The molecule has 1 heterocycles. The molecule has 1 atom stereocenters. The van der Waals surface area contributed by atoms with Gasteiger partial charge in [-0.25, -0.2) is 4.79 Å². The summed E-state index contributed by atoms with van der Waals surface area (Å²) in [7, 11) is 0. The maximum absolute atomic E-state index is 12.0. The molecule has 1 aliphatic heterocycles. The van der Waals surface area contributed by atoms with Gasteiger partial charge in [0.25, 0.3) is 0 Å². The van der Waals surface area contributed by atoms with Gasteiger partial charge in [0, 0.05) is 23.5 Å². The van der Waals surface area contributed by atoms with Crippen LogP contribution in [0.2, 0.25) is 0 Å². The number of carbonyl (C=O) groups excluding carboxylic acids is 1. The van der Waals surface area contributed by atoms with E-state index in [0.717, 1.165) is 29.6 Å². The van der Waals surface area contributed by atoms with Crippen molar-refractivity contribution in [3.8, 4) is 5.75 Å². The lowest BCUT2D eigenvalue weighted by Gasteiger charge is -2.32. The Labute approximate surface area is 140 Å². The smallest absolute Gasteiger partial charge is 0.409 e. The molecule has 1 fully saturated rings. The maximum Gasteiger partial charge on any atom is 0.409 e. The van der Waals surface area contributed by atoms with Gasteiger partial charge in [-0.3, -0.25) is 0 Å². The van der Waals surface area contributed by atoms with Gasteiger partial charge in [-0.05, 0) is 37.0 Å². The van der Waals surface area contributed by atoms with E-state index in [2.05, 4.69) is 15.9 Å². The molecule has 0 saturated carbocycles. The van der Waals surface area contributed by atoms with Crippen LogP contribution in [-0.2, 0) is 4.74 Å². The Hall–Kier alpha value is -1.23. The number of piperidine rings is 1. The molecule has 122 valence electrons. The van der Waals surface area contributed by atoms with Crippen molar-refractivity contribution in [1.29, 1.82) is 0 Å². The number of nitrogens with zero attached hydrogens (tertiary/aromatic N) is 1. The molecule has 1 aliphatic rings. The Morgan fingerprint density at radius 2 is 2.27 bits per heavy atom. The highest BCUT2D eigenvalue weighted by Crippen LogP contribution is 2.21. The predicted molar refractivity (Wildman–Crippen MR) is 90.1 cm³/mol. The number of hydrogen-bond donors (Lipinski definition) is 0. The molecular formula is C17H24BrNO3. The molecule has 1 aromatic carbocycles. The first kappa shape index (κ1) is 17.1. The van der Waals surface area contributed by atoms with Gasteiger partial charge in [0.15, 0.2) is 0 Å². The van der Waals surface area contributed by atoms with E-state index >= 15 is 0 Å². The van der Waals surface area contributed by atoms with Crippen molar-refractivity contribution in [3.05, 3.63) is 28.7 Å². The molecule has 1 unspecified atom stereocenters. The van der Waals surface area contributed by atoms with Crippen LogP contribution in [0.1, 0.15) is 26.7 Å². The molecule has 0 spiro atoms. The Kier molecular flexibility index (Phi) is 6.55. The zero-order valence-corrected chi connectivity index (χ0v) is 14.8. The number of ether oxygens (including phenoxy) is 2. The summed E-state index contributed by atoms with van der Waals surface area (Å²) >= 11 is 3.44. The number of likely N-dealkylation sites (tertiary alicyclic amines) is 1. The Morgan fingerprint density at radius 1 is 1.45 bits per heavy atom. The average Bonchev–Trinajstić information content (AvgIpc) is 2.51. The summed E-state index contributed by atoms with van der Waals surface area (Å²) in [6, 6.07) is 7.83. The Morgan fingerprint density at radius 3 is 3.00 bits per heavy atom. The highest BCUT2D eigenvalue weighted by molar-refractivity contribution is 9.10. The summed E-state index contributed by atoms with van der Waals surface area (Å²) in [4.78, 5) is 13.8. The first-order valence-electron chi connectivity index (χ1n) is 7.84. The van der Waals surface area contributed by atoms with E-state index in [0.29, 0.717) is 31.6 Å². The van der Waals surface area contributed by atoms with Crippen molar-refractivity contribution in [3.63, 3.8) is 0 Å². The van der Waals surface area contributed by atoms with E-state index in [4.69, 9.17) is 9.47 Å². The summed E-state index contributed by atoms with van der Waals surface area (Å²) in [5, 5.41) is 0. The second-order valence-corrected chi connectivity index (χ2v) is 7.11. The SMILES string of the molecule is CC(C)COC(=O)N1CCCC(COc2cccc(Br)c2)C1. The summed E-state index contributed by atoms with van der Waals surface area (Å²) in [5.41, 5.74) is 0. The third kappa shape index (κ3) is 5.52. The second-order valence-electron chi connectivity index (χ2n) is 6.19. The summed E-state index contributed by atoms with van der Waals surface area (Å²) in [6.45, 7) is 6.68. The predicted octanol–water partition coefficient (Wildman–Crippen LogP) is 4.33. The van der Waals surface area contributed by atoms with Crippen LogP contribution in [0.3, 0.4) is 0 Å². The van der Waals surface area contributed by atoms with E-state index in [1.54, 1.807) is 4.90 Å². The number of hydrogen-bond acceptors (Lipinski definition) is 3. The summed E-state index contributed by atoms with van der Waals surface area (Å²) in [5.74, 6) is 1.58. The number of amides is 1. The molecule has 0 aliphatic carbocycles. The molecule has 0 aromatic heterocycles. The largest absolute Gasteiger partial charge is 0.493 e. The van der Waals surface area contributed by atoms with Crippen LogP contribution in [0.25, 0.3) is 0 Å². The van der Waals surface area contributed by atoms with E-state index in [1.165, 1.54) is 0 Å². The van der Waals surface area contributed by atoms with Crippen LogP contribution in [0.5, 0.6) is 5.75 Å². The molecule has 1 saturated heterocycles. The minimum Gasteiger partial charge on any atom is -0.493 e. The Bertz CT molecular complexity index is 493. The molecule has 0 N–H and O–H groups in total. The molecule has 22 heavy (non-hydrogen) atoms. The lowest BCUT2D eigenvalue weighted by Crippen LogP contribution is -2.42. The van der Waals surface area contributed by atoms with E-state index in [1.807, 2.05) is 38.1 Å². The molecule has 0 radical (unpaired) electrons. The molecule has 5 heteroatoms. The first-order valence-corrected chi connectivity index (χ1v) is 8.64. The van der Waals surface area contributed by atoms with Crippen LogP contribution in [0.4, 0.5) is 4.79 Å². The third-order valence-electron chi connectivity index (χ3n) is 3.60. The molecule has 4 nitrogen and oxygen atoms in total. The Balaban J connectivity index is 1.79. The first-order chi connectivity index (χ1) is 10.5. The maximum atomic E-state index is 12.0. The van der Waals surface area contributed by atoms with Gasteiger partial charge in [0.1, 0.15) is 5.75 Å². The van der Waals surface area contributed by atoms with Crippen LogP contribution in [0.15, 0.2) is 28.7 Å². The highest BCUT2D eigenvalue weighted by atomic mass is 79.9. The van der Waals surface area contributed by atoms with Crippen LogP contribution < -0.4 is 4.74 Å². The van der Waals surface area contributed by atoms with Crippen molar-refractivity contribution in [2.24, 2.45) is 11.8 Å². The van der Waals surface area contributed by atoms with Gasteiger partial charge >= 0.3 is 6.09 Å². The molecule has 0 bridgehead atoms. The van der Waals surface area contributed by atoms with Gasteiger partial charge in [-0.15, -0.1) is 0 Å². The van der Waals surface area contributed by atoms with Crippen LogP contribution in [0, 0.1) is 11.8 Å². The van der Waals surface area contributed by atoms with Gasteiger partial charge in [-0.2, -0.15) is 0 Å². The second kappa shape index (κ2) is 8.42. The van der Waals surface area contributed by atoms with Crippen LogP contribution >= 0.6 is 15.9 Å². The summed E-state index contributed by atoms with van der Waals surface area (Å²) < 4.78 is 12.2. The highest BCUT2D eigenvalue weighted by Gasteiger charge is 2.25. The van der Waals surface area contributed by atoms with Crippen molar-refractivity contribution in [2.45, 2.75) is 26.7 Å². The normalized spacial score (nSPS) is 18.4. The van der Waals surface area contributed by atoms with Crippen molar-refractivity contribution in [2.75, 3.05) is 26.3 Å². The van der Waals surface area contributed by atoms with Gasteiger partial charge in [-0.1, -0.05) is 35.8 Å². The topological polar surface area (TPSA) is 38.8 Å². The molecule has 1 amide bonds. The van der Waals surface area contributed by atoms with Crippen LogP contribution in [-0.4, -0.2) is 37.3 Å². The monoisotopic (exact) mass is 369 g/mol. The lowest BCUT2D eigenvalue weighted by molar-refractivity contribution is 0.0684. The molecule has 2 rings (SSSR count). The zero-order valence-electron chi connectivity index (χ0n) is 13.3. The van der Waals surface area contributed by atoms with Gasteiger partial charge < -0.3 is 14.4 Å². The fourth-order valence-electron chi connectivity index (χ4n) is 2.47. The molecular weight excluding hydrogens is 346 g/mol. The third-order valence-corrected chi connectivity index (χ3v) is 4.09. The van der Waals surface area contributed by atoms with Gasteiger partial charge in [0.2, 0.25) is 0 Å². The van der Waals surface area contributed by atoms with Crippen molar-refractivity contribution < 1.29 is 14.3 Å². The van der Waals surface area contributed by atoms with Crippen molar-refractivity contribution in [1.82, 2.24) is 4.90 Å². The van der Waals surface area contributed by atoms with E-state index < -0.39 is 0 Å².